The van der Waals surface area contributed by atoms with E-state index in [0.29, 0.717) is 62.5 Å². The molecule has 2 bridgehead atoms. The molecule has 7 aliphatic rings. The Morgan fingerprint density at radius 3 is 2.33 bits per heavy atom. The zero-order chi connectivity index (χ0) is 44.1. The fourth-order valence-electron chi connectivity index (χ4n) is 9.75. The Labute approximate surface area is 356 Å². The van der Waals surface area contributed by atoms with E-state index >= 15 is 4.79 Å². The molecule has 19 heteroatoms. The molecule has 0 radical (unpaired) electrons. The first-order valence-corrected chi connectivity index (χ1v) is 22.8. The number of amides is 3. The summed E-state index contributed by atoms with van der Waals surface area (Å²) in [7, 11) is -0.565. The Morgan fingerprint density at radius 2 is 1.74 bits per heavy atom. The Morgan fingerprint density at radius 1 is 1.07 bits per heavy atom. The average molecular weight is 874 g/mol. The average Bonchev–Trinajstić information content (AvgIpc) is 4.14. The largest absolute Gasteiger partial charge is 0.375 e. The minimum atomic E-state index is -3.86. The van der Waals surface area contributed by atoms with Gasteiger partial charge in [0, 0.05) is 62.6 Å². The number of likely N-dealkylation sites (N-methyl/N-ethyl adjacent to an activating group) is 1. The van der Waals surface area contributed by atoms with Gasteiger partial charge in [-0.05, 0) is 83.4 Å². The van der Waals surface area contributed by atoms with Crippen LogP contribution in [0, 0.1) is 22.6 Å². The SMILES string of the molecule is C=CC(C)N(C)CC(NC(=O)C12CCC(C(=O)ONC)(CC1)CC2)C(=O)N1CC(OC(O)N2Cc3cccc(F)c3C2)C[C@H]1C(=O)N[C@]1(C(O)NS(=O)(=O)C2CC2)C[C@H]1C=C. The zero-order valence-corrected chi connectivity index (χ0v) is 35.9. The number of halogens is 1. The number of hydrogen-bond donors (Lipinski definition) is 6. The van der Waals surface area contributed by atoms with Crippen molar-refractivity contribution in [3.63, 3.8) is 0 Å². The summed E-state index contributed by atoms with van der Waals surface area (Å²) in [4.78, 5) is 66.6. The van der Waals surface area contributed by atoms with Gasteiger partial charge < -0.3 is 35.3 Å². The molecule has 6 N–H and O–H groups in total. The molecule has 0 aromatic heterocycles. The third-order valence-electron chi connectivity index (χ3n) is 14.3. The van der Waals surface area contributed by atoms with Gasteiger partial charge in [-0.3, -0.25) is 19.3 Å². The van der Waals surface area contributed by atoms with Crippen LogP contribution in [-0.4, -0.2) is 132 Å². The van der Waals surface area contributed by atoms with Crippen LogP contribution in [0.1, 0.15) is 82.3 Å². The second kappa shape index (κ2) is 17.4. The lowest BCUT2D eigenvalue weighted by atomic mass is 9.53. The molecule has 8 atom stereocenters. The van der Waals surface area contributed by atoms with E-state index in [1.165, 1.54) is 29.0 Å². The van der Waals surface area contributed by atoms with E-state index in [0.717, 1.165) is 0 Å². The maximum atomic E-state index is 15.0. The van der Waals surface area contributed by atoms with Gasteiger partial charge in [-0.25, -0.2) is 22.5 Å². The van der Waals surface area contributed by atoms with Gasteiger partial charge in [-0.15, -0.1) is 13.2 Å². The van der Waals surface area contributed by atoms with Gasteiger partial charge in [-0.2, -0.15) is 10.2 Å². The van der Waals surface area contributed by atoms with Crippen molar-refractivity contribution in [3.8, 4) is 0 Å². The Hall–Kier alpha value is -3.82. The predicted octanol–water partition coefficient (Wildman–Crippen LogP) is 0.874. The summed E-state index contributed by atoms with van der Waals surface area (Å²) in [6.45, 7) is 9.71. The molecule has 5 saturated carbocycles. The number of likely N-dealkylation sites (tertiary alicyclic amines) is 1. The second-order valence-electron chi connectivity index (χ2n) is 18.0. The van der Waals surface area contributed by atoms with Crippen molar-refractivity contribution >= 4 is 33.7 Å². The van der Waals surface area contributed by atoms with Gasteiger partial charge in [0.25, 0.3) is 0 Å². The van der Waals surface area contributed by atoms with Crippen LogP contribution in [0.4, 0.5) is 4.39 Å². The molecule has 61 heavy (non-hydrogen) atoms. The van der Waals surface area contributed by atoms with Crippen molar-refractivity contribution in [3.05, 3.63) is 60.5 Å². The molecule has 2 heterocycles. The van der Waals surface area contributed by atoms with E-state index in [2.05, 4.69) is 34.0 Å². The summed E-state index contributed by atoms with van der Waals surface area (Å²) >= 11 is 0. The van der Waals surface area contributed by atoms with E-state index in [-0.39, 0.29) is 56.9 Å². The van der Waals surface area contributed by atoms with Gasteiger partial charge >= 0.3 is 5.97 Å². The number of carbonyl (C=O) groups excluding carboxylic acids is 4. The number of nitrogens with zero attached hydrogens (tertiary/aromatic N) is 3. The molecule has 336 valence electrons. The maximum Gasteiger partial charge on any atom is 0.330 e. The molecule has 5 unspecified atom stereocenters. The number of nitrogens with one attached hydrogen (secondary N) is 4. The fraction of sp³-hybridized carbons (Fsp3) is 0.667. The highest BCUT2D eigenvalue weighted by atomic mass is 32.2. The standard InChI is InChI=1S/C42H60FN7O10S/c1-6-25(3)48(5)24-32(45-36(53)40-13-16-41(17-14-40,18-15-40)38(55)60-44-4)35(52)50-22-28(59-39(56)49-21-26-9-8-10-31(43)30(26)23-49)19-33(50)34(51)46-42(20-27(42)7-2)37(54)47-61(57,58)29-11-12-29/h6-10,25,27-29,32-33,37,39,44,47,54,56H,1-2,11-24H2,3-5H3,(H,45,53)(H,46,51)/t25?,27-,28?,32?,33+,37?,39?,40?,41?,42-/m1/s1. The highest BCUT2D eigenvalue weighted by Crippen LogP contribution is 2.57. The minimum absolute atomic E-state index is 0.0347. The van der Waals surface area contributed by atoms with Crippen LogP contribution in [0.15, 0.2) is 43.5 Å². The van der Waals surface area contributed by atoms with E-state index in [1.807, 2.05) is 11.8 Å². The van der Waals surface area contributed by atoms with E-state index < -0.39 is 86.0 Å². The van der Waals surface area contributed by atoms with Crippen molar-refractivity contribution in [2.24, 2.45) is 16.7 Å². The number of carbonyl (C=O) groups is 4. The molecule has 2 aliphatic heterocycles. The number of benzene rings is 1. The van der Waals surface area contributed by atoms with Crippen molar-refractivity contribution < 1.29 is 51.8 Å². The van der Waals surface area contributed by atoms with Crippen molar-refractivity contribution in [1.29, 1.82) is 0 Å². The molecule has 3 amide bonds. The molecule has 1 saturated heterocycles. The molecule has 8 rings (SSSR count). The smallest absolute Gasteiger partial charge is 0.330 e. The van der Waals surface area contributed by atoms with Crippen molar-refractivity contribution in [2.45, 2.75) is 132 Å². The first-order chi connectivity index (χ1) is 28.9. The predicted molar refractivity (Wildman–Crippen MR) is 219 cm³/mol. The van der Waals surface area contributed by atoms with Gasteiger partial charge in [0.05, 0.1) is 22.3 Å². The Bertz CT molecular complexity index is 2000. The van der Waals surface area contributed by atoms with E-state index in [1.54, 1.807) is 25.3 Å². The lowest BCUT2D eigenvalue weighted by Crippen LogP contribution is -2.62. The van der Waals surface area contributed by atoms with Gasteiger partial charge in [0.15, 0.2) is 0 Å². The summed E-state index contributed by atoms with van der Waals surface area (Å²) in [5.74, 6) is -2.87. The number of aliphatic hydroxyl groups excluding tert-OH is 2. The molecule has 17 nitrogen and oxygen atoms in total. The van der Waals surface area contributed by atoms with Crippen LogP contribution < -0.4 is 20.8 Å². The summed E-state index contributed by atoms with van der Waals surface area (Å²) < 4.78 is 48.8. The van der Waals surface area contributed by atoms with Crippen molar-refractivity contribution in [2.75, 3.05) is 27.2 Å². The van der Waals surface area contributed by atoms with Crippen LogP contribution in [0.3, 0.4) is 0 Å². The first kappa shape index (κ1) is 45.2. The number of hydroxylamine groups is 1. The third kappa shape index (κ3) is 8.89. The molecular weight excluding hydrogens is 814 g/mol. The van der Waals surface area contributed by atoms with Gasteiger partial charge in [0.2, 0.25) is 34.2 Å². The van der Waals surface area contributed by atoms with Crippen LogP contribution in [-0.2, 0) is 51.9 Å². The van der Waals surface area contributed by atoms with Gasteiger partial charge in [0.1, 0.15) is 24.1 Å². The molecule has 6 fully saturated rings. The van der Waals surface area contributed by atoms with Crippen LogP contribution in [0.5, 0.6) is 0 Å². The first-order valence-electron chi connectivity index (χ1n) is 21.2. The zero-order valence-electron chi connectivity index (χ0n) is 35.1. The van der Waals surface area contributed by atoms with Crippen LogP contribution in [0.2, 0.25) is 0 Å². The maximum absolute atomic E-state index is 15.0. The number of ether oxygens (including phenoxy) is 1. The molecule has 0 spiro atoms. The molecule has 1 aromatic carbocycles. The minimum Gasteiger partial charge on any atom is -0.375 e. The summed E-state index contributed by atoms with van der Waals surface area (Å²) in [5, 5.41) is 27.9. The highest BCUT2D eigenvalue weighted by molar-refractivity contribution is 7.90. The number of rotatable bonds is 19. The molecule has 5 aliphatic carbocycles. The van der Waals surface area contributed by atoms with Crippen molar-refractivity contribution in [1.82, 2.24) is 35.5 Å². The Balaban J connectivity index is 1.13. The quantitative estimate of drug-likeness (QED) is 0.0647. The molecular formula is C42H60FN7O10S. The van der Waals surface area contributed by atoms with Crippen LogP contribution in [0.25, 0.3) is 0 Å². The van der Waals surface area contributed by atoms with E-state index in [4.69, 9.17) is 9.57 Å². The van der Waals surface area contributed by atoms with E-state index in [9.17, 15) is 37.4 Å². The monoisotopic (exact) mass is 873 g/mol. The highest BCUT2D eigenvalue weighted by Gasteiger charge is 2.62. The van der Waals surface area contributed by atoms with Crippen LogP contribution >= 0.6 is 0 Å². The summed E-state index contributed by atoms with van der Waals surface area (Å²) in [6, 6.07) is 2.08. The van der Waals surface area contributed by atoms with Gasteiger partial charge in [-0.1, -0.05) is 24.3 Å². The number of fused-ring (bicyclic) bond motifs is 4. The fourth-order valence-corrected chi connectivity index (χ4v) is 11.2. The number of sulfonamides is 1. The number of aliphatic hydroxyl groups is 2. The Kier molecular flexibility index (Phi) is 12.9. The third-order valence-corrected chi connectivity index (χ3v) is 16.2. The molecule has 1 aromatic rings. The topological polar surface area (TPSA) is 219 Å². The normalized spacial score (nSPS) is 31.5. The summed E-state index contributed by atoms with van der Waals surface area (Å²) in [6.07, 6.45) is 2.72. The second-order valence-corrected chi connectivity index (χ2v) is 20.0. The lowest BCUT2D eigenvalue weighted by molar-refractivity contribution is -0.218. The lowest BCUT2D eigenvalue weighted by Gasteiger charge is -2.50. The number of hydrogen-bond acceptors (Lipinski definition) is 13. The summed E-state index contributed by atoms with van der Waals surface area (Å²) in [5.41, 5.74) is 0.642.